The first kappa shape index (κ1) is 23.3. The highest BCUT2D eigenvalue weighted by atomic mass is 79.9. The molecule has 1 aliphatic heterocycles. The monoisotopic (exact) mass is 518 g/mol. The van der Waals surface area contributed by atoms with Crippen LogP contribution in [-0.4, -0.2) is 34.6 Å². The van der Waals surface area contributed by atoms with Crippen molar-refractivity contribution in [3.63, 3.8) is 0 Å². The van der Waals surface area contributed by atoms with Crippen LogP contribution >= 0.6 is 23.5 Å². The van der Waals surface area contributed by atoms with Crippen LogP contribution in [0.4, 0.5) is 13.8 Å². The highest BCUT2D eigenvalue weighted by Gasteiger charge is 2.32. The van der Waals surface area contributed by atoms with Crippen LogP contribution in [0, 0.1) is 0 Å². The lowest BCUT2D eigenvalue weighted by Crippen LogP contribution is -2.35. The van der Waals surface area contributed by atoms with E-state index in [9.17, 15) is 23.2 Å². The van der Waals surface area contributed by atoms with Crippen molar-refractivity contribution < 1.29 is 37.8 Å². The molecule has 1 heterocycles. The second kappa shape index (κ2) is 9.86. The maximum atomic E-state index is 12.3. The number of aromatic carboxylic acids is 1. The standard InChI is InChI=1S/C19H18BrF2N2O6P/c20-17-8-13(3-6-15(17)11-31(28,29-21)30-22)10-24-16(9-23-19(24)27)7-12-1-4-14(5-2-12)18(25)26/h1-6,8,16H,7,9-11H2,(H,23,27)(H,25,26). The van der Waals surface area contributed by atoms with Gasteiger partial charge in [0.1, 0.15) is 0 Å². The Hall–Kier alpha value is -2.33. The molecule has 1 saturated heterocycles. The fourth-order valence-electron chi connectivity index (χ4n) is 3.30. The minimum absolute atomic E-state index is 0.151. The lowest BCUT2D eigenvalue weighted by Gasteiger charge is -2.23. The van der Waals surface area contributed by atoms with Gasteiger partial charge in [-0.3, -0.25) is 4.57 Å². The predicted octanol–water partition coefficient (Wildman–Crippen LogP) is 4.78. The second-order valence-electron chi connectivity index (χ2n) is 7.01. The zero-order valence-corrected chi connectivity index (χ0v) is 18.4. The Bertz CT molecular complexity index is 1010. The Morgan fingerprint density at radius 2 is 1.84 bits per heavy atom. The zero-order chi connectivity index (χ0) is 22.6. The van der Waals surface area contributed by atoms with Gasteiger partial charge < -0.3 is 15.3 Å². The van der Waals surface area contributed by atoms with Crippen molar-refractivity contribution in [3.8, 4) is 0 Å². The van der Waals surface area contributed by atoms with Gasteiger partial charge >= 0.3 is 19.6 Å². The SMILES string of the molecule is O=C(O)c1ccc(CC2CNC(=O)N2Cc2ccc(CP(=O)(OF)OF)c(Br)c2)cc1. The minimum atomic E-state index is -4.52. The van der Waals surface area contributed by atoms with E-state index >= 15 is 0 Å². The molecular weight excluding hydrogens is 501 g/mol. The van der Waals surface area contributed by atoms with E-state index in [2.05, 4.69) is 30.7 Å². The summed E-state index contributed by atoms with van der Waals surface area (Å²) in [5.41, 5.74) is 2.12. The number of halogens is 3. The third kappa shape index (κ3) is 5.68. The Morgan fingerprint density at radius 3 is 2.42 bits per heavy atom. The van der Waals surface area contributed by atoms with E-state index in [0.29, 0.717) is 23.0 Å². The van der Waals surface area contributed by atoms with Gasteiger partial charge in [0.05, 0.1) is 17.8 Å². The first-order valence-corrected chi connectivity index (χ1v) is 11.6. The fourth-order valence-corrected chi connectivity index (χ4v) is 4.90. The Kier molecular flexibility index (Phi) is 7.42. The third-order valence-electron chi connectivity index (χ3n) is 4.91. The molecular formula is C19H18BrF2N2O6P. The van der Waals surface area contributed by atoms with Crippen LogP contribution in [0.2, 0.25) is 0 Å². The molecule has 12 heteroatoms. The van der Waals surface area contributed by atoms with Crippen molar-refractivity contribution in [2.45, 2.75) is 25.2 Å². The van der Waals surface area contributed by atoms with E-state index in [1.165, 1.54) is 18.2 Å². The second-order valence-corrected chi connectivity index (χ2v) is 9.68. The van der Waals surface area contributed by atoms with Crippen LogP contribution in [0.5, 0.6) is 0 Å². The molecule has 2 N–H and O–H groups in total. The molecule has 3 rings (SSSR count). The van der Waals surface area contributed by atoms with Gasteiger partial charge in [0, 0.05) is 17.6 Å². The Balaban J connectivity index is 1.71. The molecule has 2 aromatic carbocycles. The van der Waals surface area contributed by atoms with Crippen LogP contribution in [0.1, 0.15) is 27.0 Å². The van der Waals surface area contributed by atoms with Crippen LogP contribution in [-0.2, 0) is 33.1 Å². The van der Waals surface area contributed by atoms with Crippen LogP contribution in [0.3, 0.4) is 0 Å². The number of nitrogens with one attached hydrogen (secondary N) is 1. The van der Waals surface area contributed by atoms with E-state index in [1.54, 1.807) is 29.2 Å². The summed E-state index contributed by atoms with van der Waals surface area (Å²) in [6.07, 6.45) is -0.0806. The Morgan fingerprint density at radius 1 is 1.19 bits per heavy atom. The number of carboxylic acids is 1. The summed E-state index contributed by atoms with van der Waals surface area (Å²) >= 11 is 3.27. The number of benzene rings is 2. The normalized spacial score (nSPS) is 16.4. The van der Waals surface area contributed by atoms with Gasteiger partial charge in [-0.05, 0) is 50.4 Å². The number of rotatable bonds is 9. The first-order chi connectivity index (χ1) is 14.7. The van der Waals surface area contributed by atoms with Crippen molar-refractivity contribution in [2.75, 3.05) is 6.54 Å². The highest BCUT2D eigenvalue weighted by molar-refractivity contribution is 9.10. The molecule has 1 fully saturated rings. The average molecular weight is 519 g/mol. The van der Waals surface area contributed by atoms with E-state index in [1.807, 2.05) is 0 Å². The number of nitrogens with zero attached hydrogens (tertiary/aromatic N) is 1. The van der Waals surface area contributed by atoms with Crippen molar-refractivity contribution >= 4 is 35.5 Å². The average Bonchev–Trinajstić information content (AvgIpc) is 3.09. The maximum Gasteiger partial charge on any atom is 0.399 e. The van der Waals surface area contributed by atoms with Gasteiger partial charge in [-0.15, -0.1) is 9.46 Å². The van der Waals surface area contributed by atoms with Crippen LogP contribution in [0.25, 0.3) is 0 Å². The molecule has 0 spiro atoms. The number of hydrogen-bond donors (Lipinski definition) is 2. The zero-order valence-electron chi connectivity index (χ0n) is 16.0. The number of amides is 2. The van der Waals surface area contributed by atoms with Crippen molar-refractivity contribution in [2.24, 2.45) is 0 Å². The number of carbonyl (C=O) groups excluding carboxylic acids is 1. The fraction of sp³-hybridized carbons (Fsp3) is 0.263. The highest BCUT2D eigenvalue weighted by Crippen LogP contribution is 2.53. The summed E-state index contributed by atoms with van der Waals surface area (Å²) < 4.78 is 43.0. The summed E-state index contributed by atoms with van der Waals surface area (Å²) in [5, 5.41) is 11.8. The number of carbonyl (C=O) groups is 2. The molecule has 1 unspecified atom stereocenters. The molecule has 166 valence electrons. The third-order valence-corrected chi connectivity index (χ3v) is 6.79. The van der Waals surface area contributed by atoms with Crippen LogP contribution in [0.15, 0.2) is 46.9 Å². The van der Waals surface area contributed by atoms with E-state index in [0.717, 1.165) is 11.1 Å². The summed E-state index contributed by atoms with van der Waals surface area (Å²) in [6, 6.07) is 10.9. The summed E-state index contributed by atoms with van der Waals surface area (Å²) in [5.74, 6) is -1.01. The molecule has 0 saturated carbocycles. The topological polar surface area (TPSA) is 105 Å². The summed E-state index contributed by atoms with van der Waals surface area (Å²) in [7, 11) is -4.52. The van der Waals surface area contributed by atoms with Crippen LogP contribution < -0.4 is 5.32 Å². The smallest absolute Gasteiger partial charge is 0.399 e. The molecule has 2 aromatic rings. The molecule has 2 amide bonds. The van der Waals surface area contributed by atoms with Crippen molar-refractivity contribution in [1.29, 1.82) is 0 Å². The van der Waals surface area contributed by atoms with E-state index in [4.69, 9.17) is 5.11 Å². The molecule has 0 radical (unpaired) electrons. The van der Waals surface area contributed by atoms with Crippen molar-refractivity contribution in [1.82, 2.24) is 10.2 Å². The van der Waals surface area contributed by atoms with E-state index < -0.39 is 19.7 Å². The molecule has 0 aromatic heterocycles. The van der Waals surface area contributed by atoms with E-state index in [-0.39, 0.29) is 24.2 Å². The van der Waals surface area contributed by atoms with Gasteiger partial charge in [0.15, 0.2) is 0 Å². The lowest BCUT2D eigenvalue weighted by molar-refractivity contribution is -0.0881. The molecule has 0 bridgehead atoms. The van der Waals surface area contributed by atoms with Gasteiger partial charge in [-0.25, -0.2) is 9.59 Å². The predicted molar refractivity (Wildman–Crippen MR) is 110 cm³/mol. The molecule has 1 aliphatic rings. The number of urea groups is 1. The number of carboxylic acid groups (broad SMARTS) is 1. The molecule has 0 aliphatic carbocycles. The molecule has 31 heavy (non-hydrogen) atoms. The first-order valence-electron chi connectivity index (χ1n) is 9.08. The van der Waals surface area contributed by atoms with Gasteiger partial charge in [-0.2, -0.15) is 0 Å². The lowest BCUT2D eigenvalue weighted by atomic mass is 10.0. The molecule has 1 atom stereocenters. The quantitative estimate of drug-likeness (QED) is 0.463. The summed E-state index contributed by atoms with van der Waals surface area (Å²) in [4.78, 5) is 24.9. The Labute approximate surface area is 184 Å². The van der Waals surface area contributed by atoms with Crippen molar-refractivity contribution in [3.05, 3.63) is 69.2 Å². The summed E-state index contributed by atoms with van der Waals surface area (Å²) in [6.45, 7) is 0.698. The largest absolute Gasteiger partial charge is 0.478 e. The van der Waals surface area contributed by atoms with Gasteiger partial charge in [0.2, 0.25) is 0 Å². The maximum absolute atomic E-state index is 12.3. The minimum Gasteiger partial charge on any atom is -0.478 e. The number of hydrogen-bond acceptors (Lipinski definition) is 5. The molecule has 8 nitrogen and oxygen atoms in total. The van der Waals surface area contributed by atoms with Gasteiger partial charge in [-0.1, -0.05) is 40.2 Å². The van der Waals surface area contributed by atoms with Gasteiger partial charge in [0.25, 0.3) is 0 Å².